The summed E-state index contributed by atoms with van der Waals surface area (Å²) in [6, 6.07) is 13.0. The molecule has 23 heavy (non-hydrogen) atoms. The normalized spacial score (nSPS) is 24.1. The van der Waals surface area contributed by atoms with Crippen molar-refractivity contribution in [1.82, 2.24) is 0 Å². The number of hydrogen-bond acceptors (Lipinski definition) is 5. The molecule has 3 rings (SSSR count). The number of aliphatic hydroxyl groups is 2. The fourth-order valence-electron chi connectivity index (χ4n) is 2.98. The molecule has 0 bridgehead atoms. The highest BCUT2D eigenvalue weighted by Crippen LogP contribution is 2.39. The Morgan fingerprint density at radius 1 is 1.26 bits per heavy atom. The van der Waals surface area contributed by atoms with Crippen LogP contribution in [0.4, 0.5) is 0 Å². The first-order valence-corrected chi connectivity index (χ1v) is 7.46. The number of carbonyl (C=O) groups excluding carboxylic acids is 1. The lowest BCUT2D eigenvalue weighted by molar-refractivity contribution is -0.227. The molecule has 0 saturated heterocycles. The summed E-state index contributed by atoms with van der Waals surface area (Å²) < 4.78 is 5.25. The van der Waals surface area contributed by atoms with E-state index in [9.17, 15) is 15.0 Å². The maximum absolute atomic E-state index is 12.3. The highest BCUT2D eigenvalue weighted by Gasteiger charge is 2.48. The third kappa shape index (κ3) is 2.63. The van der Waals surface area contributed by atoms with Crippen molar-refractivity contribution in [1.29, 1.82) is 0 Å². The van der Waals surface area contributed by atoms with E-state index in [1.54, 1.807) is 42.5 Å². The largest absolute Gasteiger partial charge is 0.425 e. The topological polar surface area (TPSA) is 92.8 Å². The van der Waals surface area contributed by atoms with E-state index < -0.39 is 23.9 Å². The SMILES string of the molecule is Cc1cccc2c1CC(N)C2(O)OC(=O)[C@H](O)c1ccccc1. The van der Waals surface area contributed by atoms with Gasteiger partial charge in [-0.3, -0.25) is 0 Å². The molecular formula is C18H19NO4. The summed E-state index contributed by atoms with van der Waals surface area (Å²) in [5.74, 6) is -2.85. The van der Waals surface area contributed by atoms with Crippen LogP contribution >= 0.6 is 0 Å². The Hall–Kier alpha value is -2.21. The van der Waals surface area contributed by atoms with E-state index in [0.717, 1.165) is 11.1 Å². The number of carbonyl (C=O) groups is 1. The zero-order valence-corrected chi connectivity index (χ0v) is 12.8. The first-order chi connectivity index (χ1) is 10.9. The molecule has 1 aliphatic rings. The minimum absolute atomic E-state index is 0.400. The highest BCUT2D eigenvalue weighted by molar-refractivity contribution is 5.77. The smallest absolute Gasteiger partial charge is 0.342 e. The zero-order valence-electron chi connectivity index (χ0n) is 12.8. The minimum Gasteiger partial charge on any atom is -0.425 e. The van der Waals surface area contributed by atoms with Gasteiger partial charge in [0.2, 0.25) is 0 Å². The van der Waals surface area contributed by atoms with Gasteiger partial charge < -0.3 is 20.7 Å². The molecule has 2 aromatic rings. The van der Waals surface area contributed by atoms with E-state index in [-0.39, 0.29) is 0 Å². The molecule has 0 aliphatic heterocycles. The lowest BCUT2D eigenvalue weighted by Gasteiger charge is -2.29. The second kappa shape index (κ2) is 5.77. The maximum atomic E-state index is 12.3. The summed E-state index contributed by atoms with van der Waals surface area (Å²) in [6.07, 6.45) is -1.06. The van der Waals surface area contributed by atoms with Crippen LogP contribution in [0.3, 0.4) is 0 Å². The number of fused-ring (bicyclic) bond motifs is 1. The summed E-state index contributed by atoms with van der Waals surface area (Å²) in [4.78, 5) is 12.3. The lowest BCUT2D eigenvalue weighted by atomic mass is 10.0. The van der Waals surface area contributed by atoms with Crippen LogP contribution in [0.2, 0.25) is 0 Å². The molecule has 0 radical (unpaired) electrons. The molecule has 2 unspecified atom stereocenters. The molecule has 0 spiro atoms. The average Bonchev–Trinajstić information content (AvgIpc) is 2.80. The van der Waals surface area contributed by atoms with Gasteiger partial charge in [0.15, 0.2) is 6.10 Å². The standard InChI is InChI=1S/C18H19NO4/c1-11-6-5-9-14-13(11)10-15(19)18(14,22)23-17(21)16(20)12-7-3-2-4-8-12/h2-9,15-16,20,22H,10,19H2,1H3/t15?,16-,18?/m1/s1. The Labute approximate surface area is 134 Å². The van der Waals surface area contributed by atoms with Crippen molar-refractivity contribution in [2.45, 2.75) is 31.3 Å². The molecule has 4 N–H and O–H groups in total. The summed E-state index contributed by atoms with van der Waals surface area (Å²) in [6.45, 7) is 1.91. The Kier molecular flexibility index (Phi) is 3.93. The Morgan fingerprint density at radius 2 is 1.96 bits per heavy atom. The first-order valence-electron chi connectivity index (χ1n) is 7.46. The second-order valence-corrected chi connectivity index (χ2v) is 5.84. The third-order valence-electron chi connectivity index (χ3n) is 4.32. The van der Waals surface area contributed by atoms with Crippen molar-refractivity contribution >= 4 is 5.97 Å². The average molecular weight is 313 g/mol. The van der Waals surface area contributed by atoms with Crippen molar-refractivity contribution in [3.8, 4) is 0 Å². The fourth-order valence-corrected chi connectivity index (χ4v) is 2.98. The monoisotopic (exact) mass is 313 g/mol. The number of hydrogen-bond donors (Lipinski definition) is 3. The van der Waals surface area contributed by atoms with Crippen LogP contribution in [0, 0.1) is 6.92 Å². The van der Waals surface area contributed by atoms with Gasteiger partial charge in [0.05, 0.1) is 6.04 Å². The van der Waals surface area contributed by atoms with E-state index in [2.05, 4.69) is 0 Å². The molecule has 1 aliphatic carbocycles. The zero-order chi connectivity index (χ0) is 16.6. The Bertz CT molecular complexity index is 731. The van der Waals surface area contributed by atoms with Gasteiger partial charge in [0, 0.05) is 5.56 Å². The van der Waals surface area contributed by atoms with Crippen LogP contribution < -0.4 is 5.73 Å². The van der Waals surface area contributed by atoms with Crippen molar-refractivity contribution in [3.63, 3.8) is 0 Å². The molecule has 0 fully saturated rings. The number of aryl methyl sites for hydroxylation is 1. The molecule has 2 aromatic carbocycles. The van der Waals surface area contributed by atoms with Gasteiger partial charge in [-0.2, -0.15) is 0 Å². The van der Waals surface area contributed by atoms with Gasteiger partial charge in [0.1, 0.15) is 0 Å². The maximum Gasteiger partial charge on any atom is 0.342 e. The summed E-state index contributed by atoms with van der Waals surface area (Å²) in [5.41, 5.74) is 8.75. The van der Waals surface area contributed by atoms with E-state index in [1.807, 2.05) is 13.0 Å². The van der Waals surface area contributed by atoms with Gasteiger partial charge in [0.25, 0.3) is 5.79 Å². The number of ether oxygens (including phenoxy) is 1. The van der Waals surface area contributed by atoms with Gasteiger partial charge >= 0.3 is 5.97 Å². The predicted octanol–water partition coefficient (Wildman–Crippen LogP) is 1.30. The van der Waals surface area contributed by atoms with Crippen LogP contribution in [0.25, 0.3) is 0 Å². The number of esters is 1. The van der Waals surface area contributed by atoms with Gasteiger partial charge in [-0.05, 0) is 30.0 Å². The molecule has 0 amide bonds. The first kappa shape index (κ1) is 15.7. The predicted molar refractivity (Wildman–Crippen MR) is 84.2 cm³/mol. The third-order valence-corrected chi connectivity index (χ3v) is 4.32. The van der Waals surface area contributed by atoms with E-state index in [1.165, 1.54) is 0 Å². The van der Waals surface area contributed by atoms with E-state index >= 15 is 0 Å². The lowest BCUT2D eigenvalue weighted by Crippen LogP contribution is -2.46. The summed E-state index contributed by atoms with van der Waals surface area (Å²) in [5, 5.41) is 20.9. The molecule has 0 heterocycles. The van der Waals surface area contributed by atoms with E-state index in [4.69, 9.17) is 10.5 Å². The van der Waals surface area contributed by atoms with Crippen LogP contribution in [-0.2, 0) is 21.7 Å². The van der Waals surface area contributed by atoms with Crippen molar-refractivity contribution < 1.29 is 19.7 Å². The van der Waals surface area contributed by atoms with Crippen LogP contribution in [0.1, 0.15) is 28.4 Å². The molecule has 120 valence electrons. The summed E-state index contributed by atoms with van der Waals surface area (Å²) in [7, 11) is 0. The molecular weight excluding hydrogens is 294 g/mol. The van der Waals surface area contributed by atoms with Crippen molar-refractivity contribution in [3.05, 3.63) is 70.8 Å². The Morgan fingerprint density at radius 3 is 2.65 bits per heavy atom. The number of rotatable bonds is 3. The molecule has 3 atom stereocenters. The number of benzene rings is 2. The van der Waals surface area contributed by atoms with E-state index in [0.29, 0.717) is 17.5 Å². The summed E-state index contributed by atoms with van der Waals surface area (Å²) >= 11 is 0. The van der Waals surface area contributed by atoms with Gasteiger partial charge in [-0.1, -0.05) is 48.5 Å². The van der Waals surface area contributed by atoms with Crippen LogP contribution in [-0.4, -0.2) is 22.2 Å². The second-order valence-electron chi connectivity index (χ2n) is 5.84. The quantitative estimate of drug-likeness (QED) is 0.587. The van der Waals surface area contributed by atoms with Crippen LogP contribution in [0.15, 0.2) is 48.5 Å². The molecule has 5 heteroatoms. The number of nitrogens with two attached hydrogens (primary N) is 1. The van der Waals surface area contributed by atoms with Gasteiger partial charge in [-0.15, -0.1) is 0 Å². The van der Waals surface area contributed by atoms with Crippen LogP contribution in [0.5, 0.6) is 0 Å². The number of aliphatic hydroxyl groups excluding tert-OH is 1. The molecule has 0 aromatic heterocycles. The van der Waals surface area contributed by atoms with Gasteiger partial charge in [-0.25, -0.2) is 4.79 Å². The van der Waals surface area contributed by atoms with Crippen molar-refractivity contribution in [2.75, 3.05) is 0 Å². The minimum atomic E-state index is -1.92. The molecule has 0 saturated carbocycles. The highest BCUT2D eigenvalue weighted by atomic mass is 16.7. The fraction of sp³-hybridized carbons (Fsp3) is 0.278. The Balaban J connectivity index is 1.88. The molecule has 5 nitrogen and oxygen atoms in total. The van der Waals surface area contributed by atoms with Crippen molar-refractivity contribution in [2.24, 2.45) is 5.73 Å².